The molecule has 0 aliphatic carbocycles. The van der Waals surface area contributed by atoms with Gasteiger partial charge in [-0.25, -0.2) is 4.98 Å². The molecule has 2 N–H and O–H groups in total. The molecule has 0 saturated carbocycles. The molecule has 88 valence electrons. The molecule has 1 aromatic rings. The zero-order valence-corrected chi connectivity index (χ0v) is 9.82. The van der Waals surface area contributed by atoms with Crippen molar-refractivity contribution in [3.05, 3.63) is 11.6 Å². The predicted molar refractivity (Wildman–Crippen MR) is 59.2 cm³/mol. The van der Waals surface area contributed by atoms with Gasteiger partial charge in [-0.3, -0.25) is 9.89 Å². The van der Waals surface area contributed by atoms with Crippen molar-refractivity contribution in [2.75, 3.05) is 20.1 Å². The summed E-state index contributed by atoms with van der Waals surface area (Å²) < 4.78 is 0. The molecule has 1 fully saturated rings. The third-order valence-electron chi connectivity index (χ3n) is 2.87. The van der Waals surface area contributed by atoms with Gasteiger partial charge in [0.05, 0.1) is 6.04 Å². The molecule has 6 heteroatoms. The number of amides is 1. The van der Waals surface area contributed by atoms with Gasteiger partial charge in [0.15, 0.2) is 0 Å². The zero-order chi connectivity index (χ0) is 11.7. The van der Waals surface area contributed by atoms with E-state index in [4.69, 9.17) is 0 Å². The van der Waals surface area contributed by atoms with E-state index in [1.54, 1.807) is 11.9 Å². The van der Waals surface area contributed by atoms with Gasteiger partial charge in [0.2, 0.25) is 5.82 Å². The van der Waals surface area contributed by atoms with Crippen molar-refractivity contribution in [2.45, 2.75) is 25.8 Å². The minimum absolute atomic E-state index is 0.116. The Labute approximate surface area is 94.4 Å². The first-order chi connectivity index (χ1) is 7.59. The van der Waals surface area contributed by atoms with Crippen LogP contribution in [0.15, 0.2) is 0 Å². The second-order valence-corrected chi connectivity index (χ2v) is 4.43. The number of aromatic amines is 1. The number of H-pyrrole nitrogens is 1. The van der Waals surface area contributed by atoms with Gasteiger partial charge >= 0.3 is 0 Å². The number of hydrogen-bond donors (Lipinski definition) is 2. The van der Waals surface area contributed by atoms with Gasteiger partial charge in [-0.05, 0) is 0 Å². The highest BCUT2D eigenvalue weighted by atomic mass is 16.2. The SMILES string of the molecule is CC(C)c1nc(C(=O)N(C)C2CNC2)n[nH]1. The Morgan fingerprint density at radius 3 is 2.62 bits per heavy atom. The van der Waals surface area contributed by atoms with Crippen molar-refractivity contribution >= 4 is 5.91 Å². The largest absolute Gasteiger partial charge is 0.333 e. The van der Waals surface area contributed by atoms with Crippen molar-refractivity contribution in [1.82, 2.24) is 25.4 Å². The predicted octanol–water partition coefficient (Wildman–Crippen LogP) is -0.0281. The van der Waals surface area contributed by atoms with Crippen LogP contribution in [0.5, 0.6) is 0 Å². The average Bonchev–Trinajstić information content (AvgIpc) is 2.62. The quantitative estimate of drug-likeness (QED) is 0.754. The number of nitrogens with zero attached hydrogens (tertiary/aromatic N) is 3. The Balaban J connectivity index is 2.07. The van der Waals surface area contributed by atoms with Crippen LogP contribution in [0.25, 0.3) is 0 Å². The fraction of sp³-hybridized carbons (Fsp3) is 0.700. The van der Waals surface area contributed by atoms with Gasteiger partial charge in [-0.2, -0.15) is 0 Å². The summed E-state index contributed by atoms with van der Waals surface area (Å²) in [6.45, 7) is 5.72. The minimum Gasteiger partial charge on any atom is -0.333 e. The highest BCUT2D eigenvalue weighted by Gasteiger charge is 2.28. The van der Waals surface area contributed by atoms with Crippen molar-refractivity contribution < 1.29 is 4.79 Å². The van der Waals surface area contributed by atoms with E-state index in [-0.39, 0.29) is 23.7 Å². The standard InChI is InChI=1S/C10H17N5O/c1-6(2)8-12-9(14-13-8)10(16)15(3)7-4-11-5-7/h6-7,11H,4-5H2,1-3H3,(H,12,13,14). The summed E-state index contributed by atoms with van der Waals surface area (Å²) in [5.74, 6) is 1.15. The Hall–Kier alpha value is -1.43. The van der Waals surface area contributed by atoms with Crippen LogP contribution in [0, 0.1) is 0 Å². The van der Waals surface area contributed by atoms with E-state index < -0.39 is 0 Å². The fourth-order valence-corrected chi connectivity index (χ4v) is 1.50. The first-order valence-electron chi connectivity index (χ1n) is 5.49. The molecule has 0 atom stereocenters. The van der Waals surface area contributed by atoms with Crippen LogP contribution in [-0.4, -0.2) is 52.2 Å². The van der Waals surface area contributed by atoms with Crippen LogP contribution in [0.1, 0.15) is 36.2 Å². The molecule has 2 rings (SSSR count). The lowest BCUT2D eigenvalue weighted by atomic mass is 10.1. The molecular formula is C10H17N5O. The molecule has 0 unspecified atom stereocenters. The molecule has 0 bridgehead atoms. The van der Waals surface area contributed by atoms with Crippen molar-refractivity contribution in [3.63, 3.8) is 0 Å². The third kappa shape index (κ3) is 1.92. The van der Waals surface area contributed by atoms with Gasteiger partial charge in [-0.15, -0.1) is 5.10 Å². The van der Waals surface area contributed by atoms with E-state index in [1.165, 1.54) is 0 Å². The summed E-state index contributed by atoms with van der Waals surface area (Å²) in [5.41, 5.74) is 0. The second kappa shape index (κ2) is 4.21. The van der Waals surface area contributed by atoms with Crippen molar-refractivity contribution in [3.8, 4) is 0 Å². The number of hydrogen-bond acceptors (Lipinski definition) is 4. The molecule has 0 aromatic carbocycles. The number of nitrogens with one attached hydrogen (secondary N) is 2. The number of aromatic nitrogens is 3. The molecule has 1 aliphatic heterocycles. The van der Waals surface area contributed by atoms with Crippen LogP contribution in [-0.2, 0) is 0 Å². The monoisotopic (exact) mass is 223 g/mol. The van der Waals surface area contributed by atoms with E-state index >= 15 is 0 Å². The Morgan fingerprint density at radius 1 is 1.50 bits per heavy atom. The maximum Gasteiger partial charge on any atom is 0.293 e. The fourth-order valence-electron chi connectivity index (χ4n) is 1.50. The number of carbonyl (C=O) groups is 1. The summed E-state index contributed by atoms with van der Waals surface area (Å²) in [5, 5.41) is 9.87. The smallest absolute Gasteiger partial charge is 0.293 e. The summed E-state index contributed by atoms with van der Waals surface area (Å²) in [6, 6.07) is 0.272. The maximum atomic E-state index is 12.0. The zero-order valence-electron chi connectivity index (χ0n) is 9.82. The van der Waals surface area contributed by atoms with Crippen LogP contribution >= 0.6 is 0 Å². The number of rotatable bonds is 3. The molecule has 1 saturated heterocycles. The summed E-state index contributed by atoms with van der Waals surface area (Å²) in [6.07, 6.45) is 0. The molecule has 0 spiro atoms. The van der Waals surface area contributed by atoms with Crippen LogP contribution in [0.4, 0.5) is 0 Å². The van der Waals surface area contributed by atoms with Crippen LogP contribution < -0.4 is 5.32 Å². The first kappa shape index (κ1) is 11.1. The molecule has 1 aromatic heterocycles. The van der Waals surface area contributed by atoms with E-state index in [1.807, 2.05) is 13.8 Å². The molecule has 16 heavy (non-hydrogen) atoms. The normalized spacial score (nSPS) is 16.2. The lowest BCUT2D eigenvalue weighted by molar-refractivity contribution is 0.0669. The summed E-state index contributed by atoms with van der Waals surface area (Å²) in [7, 11) is 1.79. The molecule has 6 nitrogen and oxygen atoms in total. The molecule has 0 radical (unpaired) electrons. The maximum absolute atomic E-state index is 12.0. The molecule has 2 heterocycles. The van der Waals surface area contributed by atoms with Gasteiger partial charge < -0.3 is 10.2 Å². The number of likely N-dealkylation sites (N-methyl/N-ethyl adjacent to an activating group) is 1. The first-order valence-corrected chi connectivity index (χ1v) is 5.49. The summed E-state index contributed by atoms with van der Waals surface area (Å²) in [4.78, 5) is 17.9. The van der Waals surface area contributed by atoms with Gasteiger partial charge in [-0.1, -0.05) is 13.8 Å². The molecular weight excluding hydrogens is 206 g/mol. The minimum atomic E-state index is -0.116. The van der Waals surface area contributed by atoms with E-state index in [2.05, 4.69) is 20.5 Å². The Morgan fingerprint density at radius 2 is 2.19 bits per heavy atom. The van der Waals surface area contributed by atoms with E-state index in [0.717, 1.165) is 18.9 Å². The van der Waals surface area contributed by atoms with Crippen molar-refractivity contribution in [2.24, 2.45) is 0 Å². The second-order valence-electron chi connectivity index (χ2n) is 4.43. The van der Waals surface area contributed by atoms with Crippen molar-refractivity contribution in [1.29, 1.82) is 0 Å². The van der Waals surface area contributed by atoms with Gasteiger partial charge in [0.1, 0.15) is 5.82 Å². The lowest BCUT2D eigenvalue weighted by Gasteiger charge is -2.34. The van der Waals surface area contributed by atoms with Gasteiger partial charge in [0, 0.05) is 26.1 Å². The highest BCUT2D eigenvalue weighted by molar-refractivity contribution is 5.90. The highest BCUT2D eigenvalue weighted by Crippen LogP contribution is 2.10. The molecule has 1 amide bonds. The van der Waals surface area contributed by atoms with Crippen LogP contribution in [0.3, 0.4) is 0 Å². The molecule has 1 aliphatic rings. The van der Waals surface area contributed by atoms with Crippen LogP contribution in [0.2, 0.25) is 0 Å². The Bertz CT molecular complexity index is 382. The van der Waals surface area contributed by atoms with Gasteiger partial charge in [0.25, 0.3) is 5.91 Å². The Kier molecular flexibility index (Phi) is 2.91. The van der Waals surface area contributed by atoms with E-state index in [9.17, 15) is 4.79 Å². The number of carbonyl (C=O) groups excluding carboxylic acids is 1. The lowest BCUT2D eigenvalue weighted by Crippen LogP contribution is -2.57. The third-order valence-corrected chi connectivity index (χ3v) is 2.87. The topological polar surface area (TPSA) is 73.9 Å². The van der Waals surface area contributed by atoms with E-state index in [0.29, 0.717) is 0 Å². The average molecular weight is 223 g/mol. The summed E-state index contributed by atoms with van der Waals surface area (Å²) >= 11 is 0.